The first-order valence-electron chi connectivity index (χ1n) is 3.49. The molecule has 0 aliphatic carbocycles. The summed E-state index contributed by atoms with van der Waals surface area (Å²) in [7, 11) is 5.44. The Labute approximate surface area is 62.1 Å². The average Bonchev–Trinajstić information content (AvgIpc) is 1.59. The molecule has 0 aromatic carbocycles. The second-order valence-corrected chi connectivity index (χ2v) is 3.10. The van der Waals surface area contributed by atoms with E-state index in [-0.39, 0.29) is 10.6 Å². The number of hydrogen-bond acceptors (Lipinski definition) is 2. The summed E-state index contributed by atoms with van der Waals surface area (Å²) in [5, 5.41) is 0. The summed E-state index contributed by atoms with van der Waals surface area (Å²) >= 11 is 0. The van der Waals surface area contributed by atoms with Crippen LogP contribution >= 0.6 is 0 Å². The highest BCUT2D eigenvalue weighted by molar-refractivity contribution is 5.68. The maximum Gasteiger partial charge on any atom is 0.366 e. The van der Waals surface area contributed by atoms with Crippen LogP contribution in [-0.2, 0) is 9.63 Å². The smallest absolute Gasteiger partial charge is 0.277 e. The van der Waals surface area contributed by atoms with Crippen LogP contribution in [0.5, 0.6) is 0 Å². The lowest BCUT2D eigenvalue weighted by Crippen LogP contribution is -2.36. The van der Waals surface area contributed by atoms with Gasteiger partial charge in [-0.2, -0.15) is 0 Å². The summed E-state index contributed by atoms with van der Waals surface area (Å²) in [6.07, 6.45) is 1.36. The van der Waals surface area contributed by atoms with Gasteiger partial charge in [0.25, 0.3) is 0 Å². The molecule has 0 aliphatic rings. The summed E-state index contributed by atoms with van der Waals surface area (Å²) in [4.78, 5) is 15.8. The normalized spacial score (nSPS) is 11.2. The number of hydrogen-bond donors (Lipinski definition) is 0. The summed E-state index contributed by atoms with van der Waals surface area (Å²) in [6.45, 7) is 1.96. The molecule has 0 aromatic heterocycles. The molecule has 0 aliphatic heterocycles. The molecule has 0 unspecified atom stereocenters. The van der Waals surface area contributed by atoms with E-state index >= 15 is 0 Å². The van der Waals surface area contributed by atoms with Crippen molar-refractivity contribution < 1.29 is 14.3 Å². The Morgan fingerprint density at radius 2 is 1.90 bits per heavy atom. The fourth-order valence-electron chi connectivity index (χ4n) is 0.555. The molecule has 0 saturated heterocycles. The Bertz CT molecular complexity index is 115. The minimum Gasteiger partial charge on any atom is -0.277 e. The Balaban J connectivity index is 3.58. The van der Waals surface area contributed by atoms with Gasteiger partial charge in [0.2, 0.25) is 0 Å². The predicted molar refractivity (Wildman–Crippen MR) is 39.0 cm³/mol. The Kier molecular flexibility index (Phi) is 3.36. The van der Waals surface area contributed by atoms with Crippen LogP contribution < -0.4 is 0 Å². The monoisotopic (exact) mass is 146 g/mol. The van der Waals surface area contributed by atoms with Gasteiger partial charge in [-0.05, 0) is 6.42 Å². The van der Waals surface area contributed by atoms with Crippen molar-refractivity contribution in [3.63, 3.8) is 0 Å². The molecule has 0 atom stereocenters. The van der Waals surface area contributed by atoms with E-state index in [9.17, 15) is 4.79 Å². The number of carbonyl (C=O) groups excluding carboxylic acids is 1. The van der Waals surface area contributed by atoms with E-state index in [2.05, 4.69) is 0 Å². The number of quaternary nitrogens is 1. The molecule has 10 heavy (non-hydrogen) atoms. The van der Waals surface area contributed by atoms with Gasteiger partial charge in [-0.15, -0.1) is 4.65 Å². The van der Waals surface area contributed by atoms with Gasteiger partial charge in [-0.1, -0.05) is 6.92 Å². The third kappa shape index (κ3) is 5.56. The second-order valence-electron chi connectivity index (χ2n) is 3.10. The van der Waals surface area contributed by atoms with Crippen molar-refractivity contribution in [3.8, 4) is 0 Å². The van der Waals surface area contributed by atoms with E-state index in [1.54, 1.807) is 0 Å². The quantitative estimate of drug-likeness (QED) is 0.437. The van der Waals surface area contributed by atoms with Gasteiger partial charge < -0.3 is 0 Å². The van der Waals surface area contributed by atoms with Crippen molar-refractivity contribution >= 4 is 5.97 Å². The standard InChI is InChI=1S/C7H16NO2/c1-5-6-7(9)10-8(2,3)4/h5-6H2,1-4H3/q+1. The molecule has 0 spiro atoms. The molecular weight excluding hydrogens is 130 g/mol. The molecule has 60 valence electrons. The maximum absolute atomic E-state index is 10.8. The molecule has 0 rings (SSSR count). The first kappa shape index (κ1) is 9.43. The van der Waals surface area contributed by atoms with Crippen LogP contribution in [0.2, 0.25) is 0 Å². The zero-order chi connectivity index (χ0) is 8.20. The molecule has 0 radical (unpaired) electrons. The molecule has 0 N–H and O–H groups in total. The van der Waals surface area contributed by atoms with Gasteiger partial charge in [-0.25, -0.2) is 4.79 Å². The van der Waals surface area contributed by atoms with Crippen molar-refractivity contribution in [2.75, 3.05) is 21.1 Å². The van der Waals surface area contributed by atoms with Gasteiger partial charge in [0.05, 0.1) is 6.42 Å². The molecule has 0 heterocycles. The average molecular weight is 146 g/mol. The van der Waals surface area contributed by atoms with Crippen LogP contribution in [0.25, 0.3) is 0 Å². The van der Waals surface area contributed by atoms with Crippen molar-refractivity contribution in [3.05, 3.63) is 0 Å². The van der Waals surface area contributed by atoms with Crippen LogP contribution in [0, 0.1) is 0 Å². The summed E-state index contributed by atoms with van der Waals surface area (Å²) in [5.41, 5.74) is 0. The van der Waals surface area contributed by atoms with Crippen molar-refractivity contribution in [1.29, 1.82) is 0 Å². The molecular formula is C7H16NO2+. The zero-order valence-corrected chi connectivity index (χ0v) is 7.18. The number of rotatable bonds is 3. The van der Waals surface area contributed by atoms with Crippen molar-refractivity contribution in [2.45, 2.75) is 19.8 Å². The highest BCUT2D eigenvalue weighted by atomic mass is 16.7. The van der Waals surface area contributed by atoms with Crippen LogP contribution in [0.4, 0.5) is 0 Å². The lowest BCUT2D eigenvalue weighted by atomic mass is 10.3. The first-order valence-corrected chi connectivity index (χ1v) is 3.49. The Hall–Kier alpha value is -0.570. The van der Waals surface area contributed by atoms with Crippen LogP contribution in [0.3, 0.4) is 0 Å². The largest absolute Gasteiger partial charge is 0.366 e. The van der Waals surface area contributed by atoms with Gasteiger partial charge in [0, 0.05) is 0 Å². The third-order valence-electron chi connectivity index (χ3n) is 0.830. The van der Waals surface area contributed by atoms with Gasteiger partial charge >= 0.3 is 5.97 Å². The molecule has 0 aromatic rings. The van der Waals surface area contributed by atoms with Gasteiger partial charge in [0.15, 0.2) is 0 Å². The second kappa shape index (κ2) is 3.56. The minimum atomic E-state index is -0.130. The molecule has 0 fully saturated rings. The minimum absolute atomic E-state index is 0.130. The fraction of sp³-hybridized carbons (Fsp3) is 0.857. The van der Waals surface area contributed by atoms with Crippen LogP contribution in [0.15, 0.2) is 0 Å². The SMILES string of the molecule is CCCC(=O)O[N+](C)(C)C. The van der Waals surface area contributed by atoms with E-state index < -0.39 is 0 Å². The van der Waals surface area contributed by atoms with E-state index in [1.807, 2.05) is 28.1 Å². The molecule has 0 amide bonds. The number of nitrogens with zero attached hydrogens (tertiary/aromatic N) is 1. The molecule has 0 saturated carbocycles. The topological polar surface area (TPSA) is 26.3 Å². The fourth-order valence-corrected chi connectivity index (χ4v) is 0.555. The summed E-state index contributed by atoms with van der Waals surface area (Å²) < 4.78 is 0.249. The van der Waals surface area contributed by atoms with E-state index in [1.165, 1.54) is 0 Å². The molecule has 3 nitrogen and oxygen atoms in total. The summed E-state index contributed by atoms with van der Waals surface area (Å²) in [5.74, 6) is -0.130. The molecule has 0 bridgehead atoms. The van der Waals surface area contributed by atoms with E-state index in [0.29, 0.717) is 6.42 Å². The number of hydroxylamine groups is 3. The first-order chi connectivity index (χ1) is 4.45. The Morgan fingerprint density at radius 3 is 2.20 bits per heavy atom. The zero-order valence-electron chi connectivity index (χ0n) is 7.18. The predicted octanol–water partition coefficient (Wildman–Crippen LogP) is 0.951. The van der Waals surface area contributed by atoms with Gasteiger partial charge in [-0.3, -0.25) is 4.84 Å². The highest BCUT2D eigenvalue weighted by Gasteiger charge is 2.13. The van der Waals surface area contributed by atoms with E-state index in [4.69, 9.17) is 4.84 Å². The maximum atomic E-state index is 10.8. The van der Waals surface area contributed by atoms with Crippen LogP contribution in [-0.4, -0.2) is 31.8 Å². The summed E-state index contributed by atoms with van der Waals surface area (Å²) in [6, 6.07) is 0. The lowest BCUT2D eigenvalue weighted by Gasteiger charge is -2.19. The number of carbonyl (C=O) groups is 1. The highest BCUT2D eigenvalue weighted by Crippen LogP contribution is 1.97. The van der Waals surface area contributed by atoms with Gasteiger partial charge in [0.1, 0.15) is 21.1 Å². The van der Waals surface area contributed by atoms with Crippen molar-refractivity contribution in [2.24, 2.45) is 0 Å². The third-order valence-corrected chi connectivity index (χ3v) is 0.830. The lowest BCUT2D eigenvalue weighted by molar-refractivity contribution is -1.04. The Morgan fingerprint density at radius 1 is 1.40 bits per heavy atom. The van der Waals surface area contributed by atoms with Crippen LogP contribution in [0.1, 0.15) is 19.8 Å². The van der Waals surface area contributed by atoms with E-state index in [0.717, 1.165) is 6.42 Å². The van der Waals surface area contributed by atoms with Crippen molar-refractivity contribution in [1.82, 2.24) is 0 Å². The molecule has 3 heteroatoms.